The summed E-state index contributed by atoms with van der Waals surface area (Å²) in [4.78, 5) is 22.8. The van der Waals surface area contributed by atoms with Crippen molar-refractivity contribution in [3.63, 3.8) is 0 Å². The third-order valence-electron chi connectivity index (χ3n) is 3.79. The van der Waals surface area contributed by atoms with Crippen molar-refractivity contribution in [1.29, 1.82) is 0 Å². The number of phenolic OH excluding ortho intramolecular Hbond substituents is 2. The molecule has 1 aliphatic carbocycles. The van der Waals surface area contributed by atoms with Crippen molar-refractivity contribution in [3.05, 3.63) is 23.8 Å². The topological polar surface area (TPSA) is 107 Å². The van der Waals surface area contributed by atoms with E-state index in [1.54, 1.807) is 0 Å². The lowest BCUT2D eigenvalue weighted by atomic mass is 9.66. The van der Waals surface area contributed by atoms with E-state index in [2.05, 4.69) is 5.32 Å². The number of carbonyl (C=O) groups excluding carboxylic acids is 1. The van der Waals surface area contributed by atoms with E-state index in [4.69, 9.17) is 10.2 Å². The monoisotopic (exact) mass is 279 g/mol. The van der Waals surface area contributed by atoms with Crippen LogP contribution in [-0.4, -0.2) is 33.7 Å². The van der Waals surface area contributed by atoms with Gasteiger partial charge in [-0.15, -0.1) is 0 Å². The third-order valence-corrected chi connectivity index (χ3v) is 3.79. The fourth-order valence-corrected chi connectivity index (χ4v) is 2.49. The molecule has 0 radical (unpaired) electrons. The Bertz CT molecular complexity index is 536. The molecule has 0 aliphatic heterocycles. The smallest absolute Gasteiger partial charge is 0.303 e. The van der Waals surface area contributed by atoms with Crippen LogP contribution in [-0.2, 0) is 4.79 Å². The molecule has 1 aromatic carbocycles. The first-order valence-corrected chi connectivity index (χ1v) is 6.44. The van der Waals surface area contributed by atoms with Crippen molar-refractivity contribution in [2.45, 2.75) is 25.7 Å². The Balaban J connectivity index is 1.99. The highest BCUT2D eigenvalue weighted by atomic mass is 16.4. The van der Waals surface area contributed by atoms with Crippen LogP contribution < -0.4 is 5.32 Å². The number of amides is 1. The molecule has 1 saturated carbocycles. The Morgan fingerprint density at radius 3 is 2.45 bits per heavy atom. The molecule has 2 rings (SSSR count). The van der Waals surface area contributed by atoms with E-state index in [1.165, 1.54) is 12.1 Å². The minimum atomic E-state index is -0.869. The summed E-state index contributed by atoms with van der Waals surface area (Å²) in [5, 5.41) is 30.3. The van der Waals surface area contributed by atoms with Crippen LogP contribution in [0.15, 0.2) is 18.2 Å². The molecule has 0 unspecified atom stereocenters. The van der Waals surface area contributed by atoms with Gasteiger partial charge in [0, 0.05) is 12.6 Å². The number of carbonyl (C=O) groups is 2. The number of aliphatic carboxylic acids is 1. The van der Waals surface area contributed by atoms with Crippen LogP contribution in [0.25, 0.3) is 0 Å². The highest BCUT2D eigenvalue weighted by Gasteiger charge is 2.39. The lowest BCUT2D eigenvalue weighted by Gasteiger charge is -2.40. The second-order valence-corrected chi connectivity index (χ2v) is 5.31. The Morgan fingerprint density at radius 2 is 1.95 bits per heavy atom. The van der Waals surface area contributed by atoms with Gasteiger partial charge in [0.05, 0.1) is 12.0 Å². The van der Waals surface area contributed by atoms with Gasteiger partial charge in [0.1, 0.15) is 11.5 Å². The molecule has 0 bridgehead atoms. The highest BCUT2D eigenvalue weighted by Crippen LogP contribution is 2.43. The number of hydrogen-bond acceptors (Lipinski definition) is 4. The number of benzene rings is 1. The molecule has 0 atom stereocenters. The Morgan fingerprint density at radius 1 is 1.25 bits per heavy atom. The summed E-state index contributed by atoms with van der Waals surface area (Å²) in [5.74, 6) is -1.77. The van der Waals surface area contributed by atoms with Crippen LogP contribution in [0.4, 0.5) is 0 Å². The van der Waals surface area contributed by atoms with Crippen molar-refractivity contribution < 1.29 is 24.9 Å². The molecule has 0 aromatic heterocycles. The molecule has 1 aromatic rings. The van der Waals surface area contributed by atoms with Gasteiger partial charge in [-0.25, -0.2) is 0 Å². The zero-order valence-electron chi connectivity index (χ0n) is 10.9. The van der Waals surface area contributed by atoms with Crippen LogP contribution in [0.5, 0.6) is 11.5 Å². The minimum Gasteiger partial charge on any atom is -0.508 e. The maximum atomic E-state index is 11.9. The van der Waals surface area contributed by atoms with Crippen molar-refractivity contribution >= 4 is 11.9 Å². The summed E-state index contributed by atoms with van der Waals surface area (Å²) in [6, 6.07) is 3.72. The zero-order valence-corrected chi connectivity index (χ0v) is 10.9. The number of aromatic hydroxyl groups is 2. The quantitative estimate of drug-likeness (QED) is 0.653. The SMILES string of the molecule is O=C(O)CC1(CNC(=O)c2ccc(O)cc2O)CCC1. The summed E-state index contributed by atoms with van der Waals surface area (Å²) in [5.41, 5.74) is -0.304. The molecule has 20 heavy (non-hydrogen) atoms. The molecule has 4 N–H and O–H groups in total. The predicted molar refractivity (Wildman–Crippen MR) is 70.6 cm³/mol. The number of rotatable bonds is 5. The van der Waals surface area contributed by atoms with Gasteiger partial charge in [0.2, 0.25) is 0 Å². The molecular formula is C14H17NO5. The van der Waals surface area contributed by atoms with E-state index in [1.807, 2.05) is 0 Å². The van der Waals surface area contributed by atoms with Crippen molar-refractivity contribution in [2.24, 2.45) is 5.41 Å². The van der Waals surface area contributed by atoms with E-state index in [9.17, 15) is 14.7 Å². The lowest BCUT2D eigenvalue weighted by Crippen LogP contribution is -2.43. The van der Waals surface area contributed by atoms with Gasteiger partial charge < -0.3 is 20.6 Å². The number of phenols is 2. The first kappa shape index (κ1) is 14.2. The Labute approximate surface area is 116 Å². The molecule has 6 heteroatoms. The summed E-state index contributed by atoms with van der Waals surface area (Å²) in [6.45, 7) is 0.276. The van der Waals surface area contributed by atoms with Gasteiger partial charge >= 0.3 is 5.97 Å². The van der Waals surface area contributed by atoms with Crippen LogP contribution in [0.2, 0.25) is 0 Å². The molecule has 6 nitrogen and oxygen atoms in total. The normalized spacial score (nSPS) is 16.2. The van der Waals surface area contributed by atoms with Crippen molar-refractivity contribution in [3.8, 4) is 11.5 Å². The standard InChI is InChI=1S/C14H17NO5/c16-9-2-3-10(11(17)6-9)13(20)15-8-14(4-1-5-14)7-12(18)19/h2-3,6,16-17H,1,4-5,7-8H2,(H,15,20)(H,18,19). The van der Waals surface area contributed by atoms with Crippen LogP contribution in [0, 0.1) is 5.41 Å². The molecule has 108 valence electrons. The molecule has 0 spiro atoms. The van der Waals surface area contributed by atoms with E-state index in [0.29, 0.717) is 0 Å². The lowest BCUT2D eigenvalue weighted by molar-refractivity contribution is -0.141. The van der Waals surface area contributed by atoms with Crippen molar-refractivity contribution in [2.75, 3.05) is 6.54 Å². The Hall–Kier alpha value is -2.24. The van der Waals surface area contributed by atoms with Crippen LogP contribution in [0.1, 0.15) is 36.0 Å². The van der Waals surface area contributed by atoms with E-state index >= 15 is 0 Å². The van der Waals surface area contributed by atoms with E-state index < -0.39 is 11.9 Å². The summed E-state index contributed by atoms with van der Waals surface area (Å²) in [6.07, 6.45) is 2.56. The maximum absolute atomic E-state index is 11.9. The second-order valence-electron chi connectivity index (χ2n) is 5.31. The summed E-state index contributed by atoms with van der Waals surface area (Å²) >= 11 is 0. The molecule has 1 aliphatic rings. The van der Waals surface area contributed by atoms with Gasteiger partial charge in [-0.2, -0.15) is 0 Å². The maximum Gasteiger partial charge on any atom is 0.303 e. The van der Waals surface area contributed by atoms with Gasteiger partial charge in [0.15, 0.2) is 0 Å². The largest absolute Gasteiger partial charge is 0.508 e. The Kier molecular flexibility index (Phi) is 3.83. The average Bonchev–Trinajstić information content (AvgIpc) is 2.31. The van der Waals surface area contributed by atoms with E-state index in [-0.39, 0.29) is 35.4 Å². The third kappa shape index (κ3) is 3.01. The van der Waals surface area contributed by atoms with E-state index in [0.717, 1.165) is 25.3 Å². The van der Waals surface area contributed by atoms with Gasteiger partial charge in [-0.05, 0) is 30.4 Å². The minimum absolute atomic E-state index is 0.0365. The highest BCUT2D eigenvalue weighted by molar-refractivity contribution is 5.97. The summed E-state index contributed by atoms with van der Waals surface area (Å²) in [7, 11) is 0. The van der Waals surface area contributed by atoms with Gasteiger partial charge in [-0.3, -0.25) is 9.59 Å². The van der Waals surface area contributed by atoms with Crippen molar-refractivity contribution in [1.82, 2.24) is 5.32 Å². The van der Waals surface area contributed by atoms with Gasteiger partial charge in [0.25, 0.3) is 5.91 Å². The number of hydrogen-bond donors (Lipinski definition) is 4. The van der Waals surface area contributed by atoms with Gasteiger partial charge in [-0.1, -0.05) is 6.42 Å². The average molecular weight is 279 g/mol. The zero-order chi connectivity index (χ0) is 14.8. The molecular weight excluding hydrogens is 262 g/mol. The number of carboxylic acid groups (broad SMARTS) is 1. The molecule has 1 amide bonds. The van der Waals surface area contributed by atoms with Crippen LogP contribution >= 0.6 is 0 Å². The first-order chi connectivity index (χ1) is 9.42. The fourth-order valence-electron chi connectivity index (χ4n) is 2.49. The molecule has 0 saturated heterocycles. The summed E-state index contributed by atoms with van der Waals surface area (Å²) < 4.78 is 0. The number of carboxylic acids is 1. The second kappa shape index (κ2) is 5.40. The molecule has 1 fully saturated rings. The first-order valence-electron chi connectivity index (χ1n) is 6.44. The predicted octanol–water partition coefficient (Wildman–Crippen LogP) is 1.47. The van der Waals surface area contributed by atoms with Crippen LogP contribution in [0.3, 0.4) is 0 Å². The fraction of sp³-hybridized carbons (Fsp3) is 0.429. The number of nitrogens with one attached hydrogen (secondary N) is 1. The molecule has 0 heterocycles.